The molecule has 4 nitrogen and oxygen atoms in total. The van der Waals surface area contributed by atoms with Crippen molar-refractivity contribution in [3.05, 3.63) is 59.7 Å². The Morgan fingerprint density at radius 1 is 1.11 bits per heavy atom. The molecule has 1 fully saturated rings. The van der Waals surface area contributed by atoms with Gasteiger partial charge in [0.1, 0.15) is 5.25 Å². The molecule has 2 heterocycles. The van der Waals surface area contributed by atoms with E-state index in [1.165, 1.54) is 17.8 Å². The summed E-state index contributed by atoms with van der Waals surface area (Å²) in [5.74, 6) is 0.00476. The summed E-state index contributed by atoms with van der Waals surface area (Å²) in [4.78, 5) is 22.2. The number of H-pyrrole nitrogens is 1. The maximum Gasteiger partial charge on any atom is 0.416 e. The van der Waals surface area contributed by atoms with Gasteiger partial charge in [0.05, 0.1) is 16.6 Å². The van der Waals surface area contributed by atoms with Crippen LogP contribution in [0.5, 0.6) is 0 Å². The van der Waals surface area contributed by atoms with Crippen LogP contribution in [0.25, 0.3) is 11.0 Å². The van der Waals surface area contributed by atoms with Gasteiger partial charge in [-0.05, 0) is 36.6 Å². The van der Waals surface area contributed by atoms with Gasteiger partial charge in [-0.3, -0.25) is 4.79 Å². The molecule has 4 rings (SSSR count). The molecule has 1 saturated heterocycles. The Labute approximate surface area is 164 Å². The van der Waals surface area contributed by atoms with Gasteiger partial charge in [-0.1, -0.05) is 42.1 Å². The lowest BCUT2D eigenvalue weighted by atomic mass is 10.1. The highest BCUT2D eigenvalue weighted by Crippen LogP contribution is 2.38. The Kier molecular flexibility index (Phi) is 5.05. The molecule has 1 aliphatic rings. The summed E-state index contributed by atoms with van der Waals surface area (Å²) in [5.41, 5.74) is 0.863. The number of nitrogens with one attached hydrogen (secondary N) is 1. The lowest BCUT2D eigenvalue weighted by Crippen LogP contribution is -2.31. The van der Waals surface area contributed by atoms with E-state index in [0.29, 0.717) is 16.2 Å². The van der Waals surface area contributed by atoms with Crippen LogP contribution in [0, 0.1) is 0 Å². The minimum Gasteiger partial charge on any atom is -0.341 e. The van der Waals surface area contributed by atoms with Crippen LogP contribution in [0.1, 0.15) is 29.2 Å². The third-order valence-electron chi connectivity index (χ3n) is 4.76. The monoisotopic (exact) mass is 405 g/mol. The van der Waals surface area contributed by atoms with Crippen molar-refractivity contribution in [1.82, 2.24) is 14.9 Å². The SMILES string of the molecule is O=C([C@H](Sc1nc2ccc(C(F)(F)F)cc2[nH]1)c1ccccc1)N1CCCC1. The minimum absolute atomic E-state index is 0.00476. The van der Waals surface area contributed by atoms with Gasteiger partial charge in [0.15, 0.2) is 5.16 Å². The number of nitrogens with zero attached hydrogens (tertiary/aromatic N) is 2. The van der Waals surface area contributed by atoms with Gasteiger partial charge in [0.25, 0.3) is 0 Å². The largest absolute Gasteiger partial charge is 0.416 e. The number of hydrogen-bond acceptors (Lipinski definition) is 3. The number of benzene rings is 2. The quantitative estimate of drug-likeness (QED) is 0.619. The third kappa shape index (κ3) is 3.87. The lowest BCUT2D eigenvalue weighted by Gasteiger charge is -2.22. The minimum atomic E-state index is -4.41. The zero-order valence-electron chi connectivity index (χ0n) is 14.9. The van der Waals surface area contributed by atoms with Gasteiger partial charge in [-0.25, -0.2) is 4.98 Å². The molecule has 1 amide bonds. The molecule has 1 N–H and O–H groups in total. The van der Waals surface area contributed by atoms with E-state index in [4.69, 9.17) is 0 Å². The van der Waals surface area contributed by atoms with E-state index in [-0.39, 0.29) is 5.91 Å². The second-order valence-corrected chi connectivity index (χ2v) is 7.81. The van der Waals surface area contributed by atoms with Crippen LogP contribution in [-0.4, -0.2) is 33.9 Å². The van der Waals surface area contributed by atoms with Gasteiger partial charge in [-0.15, -0.1) is 0 Å². The molecule has 1 aliphatic heterocycles. The molecular weight excluding hydrogens is 387 g/mol. The second kappa shape index (κ2) is 7.50. The highest BCUT2D eigenvalue weighted by molar-refractivity contribution is 8.00. The summed E-state index contributed by atoms with van der Waals surface area (Å²) in [6, 6.07) is 12.8. The summed E-state index contributed by atoms with van der Waals surface area (Å²) < 4.78 is 38.8. The van der Waals surface area contributed by atoms with Crippen molar-refractivity contribution in [3.8, 4) is 0 Å². The first-order valence-electron chi connectivity index (χ1n) is 8.99. The van der Waals surface area contributed by atoms with Crippen molar-refractivity contribution in [2.45, 2.75) is 29.4 Å². The van der Waals surface area contributed by atoms with Crippen LogP contribution in [0.2, 0.25) is 0 Å². The van der Waals surface area contributed by atoms with Crippen molar-refractivity contribution in [1.29, 1.82) is 0 Å². The van der Waals surface area contributed by atoms with Crippen molar-refractivity contribution in [2.75, 3.05) is 13.1 Å². The molecule has 0 unspecified atom stereocenters. The smallest absolute Gasteiger partial charge is 0.341 e. The highest BCUT2D eigenvalue weighted by Gasteiger charge is 2.32. The van der Waals surface area contributed by atoms with Crippen LogP contribution >= 0.6 is 11.8 Å². The number of carbonyl (C=O) groups is 1. The van der Waals surface area contributed by atoms with Gasteiger partial charge in [-0.2, -0.15) is 13.2 Å². The van der Waals surface area contributed by atoms with Gasteiger partial charge < -0.3 is 9.88 Å². The number of alkyl halides is 3. The molecule has 28 heavy (non-hydrogen) atoms. The molecule has 0 spiro atoms. The molecule has 0 aliphatic carbocycles. The number of fused-ring (bicyclic) bond motifs is 1. The zero-order valence-corrected chi connectivity index (χ0v) is 15.7. The van der Waals surface area contributed by atoms with Crippen LogP contribution in [0.4, 0.5) is 13.2 Å². The molecule has 0 bridgehead atoms. The van der Waals surface area contributed by atoms with Crippen LogP contribution in [-0.2, 0) is 11.0 Å². The first-order chi connectivity index (χ1) is 13.4. The number of hydrogen-bond donors (Lipinski definition) is 1. The third-order valence-corrected chi connectivity index (χ3v) is 5.89. The number of likely N-dealkylation sites (tertiary alicyclic amines) is 1. The molecule has 8 heteroatoms. The number of carbonyl (C=O) groups excluding carboxylic acids is 1. The maximum atomic E-state index is 13.1. The number of rotatable bonds is 4. The topological polar surface area (TPSA) is 49.0 Å². The molecule has 1 aromatic heterocycles. The van der Waals surface area contributed by atoms with Gasteiger partial charge >= 0.3 is 6.18 Å². The Morgan fingerprint density at radius 3 is 2.50 bits per heavy atom. The molecule has 146 valence electrons. The summed E-state index contributed by atoms with van der Waals surface area (Å²) in [7, 11) is 0. The number of thioether (sulfide) groups is 1. The van der Waals surface area contributed by atoms with E-state index >= 15 is 0 Å². The Morgan fingerprint density at radius 2 is 1.82 bits per heavy atom. The number of halogens is 3. The van der Waals surface area contributed by atoms with Crippen molar-refractivity contribution < 1.29 is 18.0 Å². The van der Waals surface area contributed by atoms with Crippen molar-refractivity contribution in [2.24, 2.45) is 0 Å². The van der Waals surface area contributed by atoms with Crippen LogP contribution in [0.15, 0.2) is 53.7 Å². The molecule has 0 saturated carbocycles. The van der Waals surface area contributed by atoms with Crippen LogP contribution < -0.4 is 0 Å². The lowest BCUT2D eigenvalue weighted by molar-refractivity contribution is -0.137. The van der Waals surface area contributed by atoms with Crippen LogP contribution in [0.3, 0.4) is 0 Å². The molecule has 3 aromatic rings. The highest BCUT2D eigenvalue weighted by atomic mass is 32.2. The average Bonchev–Trinajstić information content (AvgIpc) is 3.34. The van der Waals surface area contributed by atoms with Crippen molar-refractivity contribution in [3.63, 3.8) is 0 Å². The fourth-order valence-corrected chi connectivity index (χ4v) is 4.41. The van der Waals surface area contributed by atoms with E-state index in [1.54, 1.807) is 0 Å². The summed E-state index contributed by atoms with van der Waals surface area (Å²) in [6.07, 6.45) is -2.43. The predicted molar refractivity (Wildman–Crippen MR) is 102 cm³/mol. The normalized spacial score (nSPS) is 15.9. The number of aromatic amines is 1. The van der Waals surface area contributed by atoms with Crippen molar-refractivity contribution >= 4 is 28.7 Å². The number of aromatic nitrogens is 2. The first-order valence-corrected chi connectivity index (χ1v) is 9.87. The van der Waals surface area contributed by atoms with E-state index in [1.807, 2.05) is 35.2 Å². The molecule has 0 radical (unpaired) electrons. The summed E-state index contributed by atoms with van der Waals surface area (Å²) in [6.45, 7) is 1.47. The van der Waals surface area contributed by atoms with Gasteiger partial charge in [0.2, 0.25) is 5.91 Å². The van der Waals surface area contributed by atoms with E-state index in [0.717, 1.165) is 43.6 Å². The average molecular weight is 405 g/mol. The fraction of sp³-hybridized carbons (Fsp3) is 0.300. The van der Waals surface area contributed by atoms with E-state index in [2.05, 4.69) is 9.97 Å². The summed E-state index contributed by atoms with van der Waals surface area (Å²) in [5, 5.41) is -0.0716. The Hall–Kier alpha value is -2.48. The van der Waals surface area contributed by atoms with Gasteiger partial charge in [0, 0.05) is 13.1 Å². The predicted octanol–water partition coefficient (Wildman–Crippen LogP) is 5.04. The Balaban J connectivity index is 1.65. The fourth-order valence-electron chi connectivity index (χ4n) is 3.32. The number of imidazole rings is 1. The summed E-state index contributed by atoms with van der Waals surface area (Å²) >= 11 is 1.24. The molecular formula is C20H18F3N3OS. The standard InChI is InChI=1S/C20H18F3N3OS/c21-20(22,23)14-8-9-15-16(12-14)25-19(24-15)28-17(13-6-2-1-3-7-13)18(27)26-10-4-5-11-26/h1-3,6-9,12,17H,4-5,10-11H2,(H,24,25)/t17-/m1/s1. The van der Waals surface area contributed by atoms with E-state index in [9.17, 15) is 18.0 Å². The van der Waals surface area contributed by atoms with E-state index < -0.39 is 17.0 Å². The second-order valence-electron chi connectivity index (χ2n) is 6.71. The first kappa shape index (κ1) is 18.9. The Bertz CT molecular complexity index is 981. The molecule has 2 aromatic carbocycles. The zero-order chi connectivity index (χ0) is 19.7. The number of amides is 1. The maximum absolute atomic E-state index is 13.1. The molecule has 1 atom stereocenters.